The van der Waals surface area contributed by atoms with Crippen LogP contribution in [0.3, 0.4) is 0 Å². The van der Waals surface area contributed by atoms with Gasteiger partial charge in [0, 0.05) is 17.0 Å². The zero-order chi connectivity index (χ0) is 25.3. The number of barbiturate groups is 1. The first-order valence-electron chi connectivity index (χ1n) is 11.1. The molecule has 0 aliphatic carbocycles. The molecule has 0 radical (unpaired) electrons. The highest BCUT2D eigenvalue weighted by Gasteiger charge is 2.36. The van der Waals surface area contributed by atoms with E-state index in [1.54, 1.807) is 37.4 Å². The molecule has 0 spiro atoms. The Balaban J connectivity index is 1.71. The molecule has 0 unspecified atom stereocenters. The van der Waals surface area contributed by atoms with E-state index in [2.05, 4.69) is 23.5 Å². The van der Waals surface area contributed by atoms with Gasteiger partial charge in [0.15, 0.2) is 0 Å². The number of imide groups is 2. The molecule has 35 heavy (non-hydrogen) atoms. The molecule has 0 aromatic heterocycles. The van der Waals surface area contributed by atoms with Crippen molar-refractivity contribution >= 4 is 41.2 Å². The van der Waals surface area contributed by atoms with Gasteiger partial charge in [-0.2, -0.15) is 0 Å². The quantitative estimate of drug-likeness (QED) is 0.378. The maximum Gasteiger partial charge on any atom is 0.335 e. The molecule has 6 nitrogen and oxygen atoms in total. The minimum absolute atomic E-state index is 0.175. The highest BCUT2D eigenvalue weighted by Crippen LogP contribution is 2.33. The van der Waals surface area contributed by atoms with Crippen LogP contribution in [0.15, 0.2) is 60.2 Å². The Hall–Kier alpha value is -3.90. The molecule has 0 saturated carbocycles. The first-order valence-corrected chi connectivity index (χ1v) is 11.5. The fraction of sp³-hybridized carbons (Fsp3) is 0.179. The molecule has 0 atom stereocenters. The number of nitrogens with one attached hydrogen (secondary N) is 1. The average Bonchev–Trinajstić information content (AvgIpc) is 2.77. The van der Waals surface area contributed by atoms with Crippen molar-refractivity contribution in [1.82, 2.24) is 5.32 Å². The lowest BCUT2D eigenvalue weighted by Crippen LogP contribution is -2.54. The topological polar surface area (TPSA) is 75.7 Å². The Labute approximate surface area is 209 Å². The minimum atomic E-state index is -0.790. The van der Waals surface area contributed by atoms with Crippen molar-refractivity contribution in [1.29, 1.82) is 0 Å². The van der Waals surface area contributed by atoms with Gasteiger partial charge in [-0.25, -0.2) is 9.69 Å². The number of urea groups is 1. The number of methoxy groups -OCH3 is 1. The Kier molecular flexibility index (Phi) is 6.76. The van der Waals surface area contributed by atoms with E-state index in [1.807, 2.05) is 26.8 Å². The lowest BCUT2D eigenvalue weighted by atomic mass is 9.98. The standard InChI is InChI=1S/C28H25ClN2O4/c1-16-6-5-7-21(11-16)31-27(33)23(26(32)30-28(31)34)13-20-14-24(29)22(25(15-20)35-4)12-19-9-17(2)8-18(3)10-19/h5-11,13-15H,12H2,1-4H3,(H,30,32,34)/b23-13+. The number of carbonyl (C=O) groups is 3. The monoisotopic (exact) mass is 488 g/mol. The summed E-state index contributed by atoms with van der Waals surface area (Å²) in [5.74, 6) is -0.934. The Morgan fingerprint density at radius 1 is 0.943 bits per heavy atom. The lowest BCUT2D eigenvalue weighted by Gasteiger charge is -2.26. The van der Waals surface area contributed by atoms with E-state index < -0.39 is 17.8 Å². The third-order valence-electron chi connectivity index (χ3n) is 5.73. The molecule has 3 aromatic carbocycles. The summed E-state index contributed by atoms with van der Waals surface area (Å²) < 4.78 is 5.60. The fourth-order valence-corrected chi connectivity index (χ4v) is 4.56. The Morgan fingerprint density at radius 2 is 1.66 bits per heavy atom. The summed E-state index contributed by atoms with van der Waals surface area (Å²) >= 11 is 6.64. The van der Waals surface area contributed by atoms with Crippen LogP contribution in [0.2, 0.25) is 5.02 Å². The summed E-state index contributed by atoms with van der Waals surface area (Å²) in [6.45, 7) is 5.94. The summed E-state index contributed by atoms with van der Waals surface area (Å²) in [6.07, 6.45) is 1.98. The Morgan fingerprint density at radius 3 is 2.31 bits per heavy atom. The van der Waals surface area contributed by atoms with E-state index in [-0.39, 0.29) is 5.57 Å². The molecule has 1 N–H and O–H groups in total. The largest absolute Gasteiger partial charge is 0.496 e. The van der Waals surface area contributed by atoms with Gasteiger partial charge < -0.3 is 4.74 Å². The molecule has 4 amide bonds. The number of nitrogens with zero attached hydrogens (tertiary/aromatic N) is 1. The zero-order valence-electron chi connectivity index (χ0n) is 19.9. The molecular weight excluding hydrogens is 464 g/mol. The summed E-state index contributed by atoms with van der Waals surface area (Å²) in [5.41, 5.74) is 5.81. The molecule has 1 fully saturated rings. The van der Waals surface area contributed by atoms with Gasteiger partial charge in [0.05, 0.1) is 12.8 Å². The molecule has 1 aliphatic heterocycles. The predicted molar refractivity (Wildman–Crippen MR) is 137 cm³/mol. The highest BCUT2D eigenvalue weighted by molar-refractivity contribution is 6.39. The Bertz CT molecular complexity index is 1370. The molecule has 7 heteroatoms. The third-order valence-corrected chi connectivity index (χ3v) is 6.07. The van der Waals surface area contributed by atoms with Crippen molar-refractivity contribution in [3.63, 3.8) is 0 Å². The fourth-order valence-electron chi connectivity index (χ4n) is 4.27. The molecule has 1 saturated heterocycles. The van der Waals surface area contributed by atoms with Crippen molar-refractivity contribution in [2.75, 3.05) is 12.0 Å². The van der Waals surface area contributed by atoms with Crippen molar-refractivity contribution in [3.05, 3.63) is 98.6 Å². The molecule has 4 rings (SSSR count). The van der Waals surface area contributed by atoms with Gasteiger partial charge in [-0.15, -0.1) is 0 Å². The van der Waals surface area contributed by atoms with Crippen LogP contribution in [0.25, 0.3) is 6.08 Å². The van der Waals surface area contributed by atoms with Crippen molar-refractivity contribution < 1.29 is 19.1 Å². The highest BCUT2D eigenvalue weighted by atomic mass is 35.5. The molecule has 178 valence electrons. The lowest BCUT2D eigenvalue weighted by molar-refractivity contribution is -0.122. The van der Waals surface area contributed by atoms with E-state index in [4.69, 9.17) is 16.3 Å². The van der Waals surface area contributed by atoms with E-state index in [1.165, 1.54) is 6.08 Å². The predicted octanol–water partition coefficient (Wildman–Crippen LogP) is 5.53. The minimum Gasteiger partial charge on any atom is -0.496 e. The van der Waals surface area contributed by atoms with Gasteiger partial charge in [-0.3, -0.25) is 14.9 Å². The van der Waals surface area contributed by atoms with E-state index in [0.717, 1.165) is 32.7 Å². The number of ether oxygens (including phenoxy) is 1. The van der Waals surface area contributed by atoms with Gasteiger partial charge in [-0.1, -0.05) is 53.1 Å². The van der Waals surface area contributed by atoms with Gasteiger partial charge in [-0.05, 0) is 67.8 Å². The van der Waals surface area contributed by atoms with E-state index in [0.29, 0.717) is 28.4 Å². The number of halogens is 1. The summed E-state index contributed by atoms with van der Waals surface area (Å²) in [6, 6.07) is 15.9. The van der Waals surface area contributed by atoms with E-state index >= 15 is 0 Å². The number of benzene rings is 3. The maximum absolute atomic E-state index is 13.2. The second-order valence-corrected chi connectivity index (χ2v) is 9.06. The van der Waals surface area contributed by atoms with Gasteiger partial charge in [0.1, 0.15) is 11.3 Å². The molecule has 1 heterocycles. The van der Waals surface area contributed by atoms with Crippen LogP contribution in [0, 0.1) is 20.8 Å². The van der Waals surface area contributed by atoms with Crippen LogP contribution < -0.4 is 15.0 Å². The van der Waals surface area contributed by atoms with Crippen LogP contribution in [0.1, 0.15) is 33.4 Å². The summed E-state index contributed by atoms with van der Waals surface area (Å²) in [5, 5.41) is 2.69. The van der Waals surface area contributed by atoms with Gasteiger partial charge in [0.25, 0.3) is 11.8 Å². The summed E-state index contributed by atoms with van der Waals surface area (Å²) in [7, 11) is 1.55. The molecule has 1 aliphatic rings. The van der Waals surface area contributed by atoms with E-state index in [9.17, 15) is 14.4 Å². The molecular formula is C28H25ClN2O4. The zero-order valence-corrected chi connectivity index (χ0v) is 20.7. The number of carbonyl (C=O) groups excluding carboxylic acids is 3. The maximum atomic E-state index is 13.2. The average molecular weight is 489 g/mol. The van der Waals surface area contributed by atoms with Gasteiger partial charge >= 0.3 is 6.03 Å². The number of hydrogen-bond acceptors (Lipinski definition) is 4. The number of aryl methyl sites for hydroxylation is 3. The smallest absolute Gasteiger partial charge is 0.335 e. The van der Waals surface area contributed by atoms with Crippen LogP contribution in [-0.2, 0) is 16.0 Å². The van der Waals surface area contributed by atoms with Crippen LogP contribution in [-0.4, -0.2) is 25.0 Å². The number of hydrogen-bond donors (Lipinski definition) is 1. The first kappa shape index (κ1) is 24.2. The van der Waals surface area contributed by atoms with Crippen LogP contribution in [0.4, 0.5) is 10.5 Å². The number of anilines is 1. The second kappa shape index (κ2) is 9.76. The summed E-state index contributed by atoms with van der Waals surface area (Å²) in [4.78, 5) is 39.2. The van der Waals surface area contributed by atoms with Crippen molar-refractivity contribution in [2.45, 2.75) is 27.2 Å². The van der Waals surface area contributed by atoms with Crippen LogP contribution >= 0.6 is 11.6 Å². The number of amides is 4. The van der Waals surface area contributed by atoms with Crippen molar-refractivity contribution in [2.24, 2.45) is 0 Å². The van der Waals surface area contributed by atoms with Crippen molar-refractivity contribution in [3.8, 4) is 5.75 Å². The second-order valence-electron chi connectivity index (χ2n) is 8.65. The molecule has 3 aromatic rings. The van der Waals surface area contributed by atoms with Gasteiger partial charge in [0.2, 0.25) is 0 Å². The third kappa shape index (κ3) is 5.12. The first-order chi connectivity index (χ1) is 16.7. The number of rotatable bonds is 5. The normalized spacial score (nSPS) is 14.9. The SMILES string of the molecule is COc1cc(/C=C2\C(=O)NC(=O)N(c3cccc(C)c3)C2=O)cc(Cl)c1Cc1cc(C)cc(C)c1. The van der Waals surface area contributed by atoms with Crippen LogP contribution in [0.5, 0.6) is 5.75 Å². The molecule has 0 bridgehead atoms.